The quantitative estimate of drug-likeness (QED) is 0.847. The summed E-state index contributed by atoms with van der Waals surface area (Å²) in [5, 5.41) is 0. The molecule has 1 aromatic rings. The Hall–Kier alpha value is -1.21. The standard InChI is InChI=1S/C13H16F2N2O2S/c14-10-5-6-11(12(15)13(10)16)20(18,19)17(9-3-4-9)7-8-1-2-8/h5-6,8-9H,1-4,7,16H2. The predicted octanol–water partition coefficient (Wildman–Crippen LogP) is 2.11. The minimum atomic E-state index is -3.95. The van der Waals surface area contributed by atoms with Gasteiger partial charge >= 0.3 is 0 Å². The molecule has 0 amide bonds. The lowest BCUT2D eigenvalue weighted by Gasteiger charge is -2.22. The number of anilines is 1. The molecule has 0 radical (unpaired) electrons. The highest BCUT2D eigenvalue weighted by molar-refractivity contribution is 7.89. The van der Waals surface area contributed by atoms with Crippen molar-refractivity contribution in [3.63, 3.8) is 0 Å². The fraction of sp³-hybridized carbons (Fsp3) is 0.538. The smallest absolute Gasteiger partial charge is 0.246 e. The number of halogens is 2. The zero-order chi connectivity index (χ0) is 14.5. The van der Waals surface area contributed by atoms with Gasteiger partial charge in [-0.15, -0.1) is 0 Å². The van der Waals surface area contributed by atoms with Gasteiger partial charge in [0, 0.05) is 12.6 Å². The van der Waals surface area contributed by atoms with Crippen molar-refractivity contribution in [1.29, 1.82) is 0 Å². The molecule has 0 unspecified atom stereocenters. The van der Waals surface area contributed by atoms with Crippen LogP contribution in [-0.2, 0) is 10.0 Å². The molecule has 2 N–H and O–H groups in total. The highest BCUT2D eigenvalue weighted by Crippen LogP contribution is 2.38. The molecule has 4 nitrogen and oxygen atoms in total. The topological polar surface area (TPSA) is 63.4 Å². The summed E-state index contributed by atoms with van der Waals surface area (Å²) >= 11 is 0. The summed E-state index contributed by atoms with van der Waals surface area (Å²) in [6.07, 6.45) is 3.61. The first-order valence-corrected chi connectivity index (χ1v) is 8.10. The molecule has 0 aromatic heterocycles. The van der Waals surface area contributed by atoms with Gasteiger partial charge in [-0.2, -0.15) is 4.31 Å². The van der Waals surface area contributed by atoms with Crippen molar-refractivity contribution in [2.24, 2.45) is 5.92 Å². The van der Waals surface area contributed by atoms with E-state index in [2.05, 4.69) is 0 Å². The van der Waals surface area contributed by atoms with Gasteiger partial charge in [0.1, 0.15) is 16.4 Å². The molecule has 2 aliphatic carbocycles. The van der Waals surface area contributed by atoms with Crippen LogP contribution in [0, 0.1) is 17.6 Å². The molecule has 2 saturated carbocycles. The van der Waals surface area contributed by atoms with Crippen LogP contribution in [0.15, 0.2) is 17.0 Å². The van der Waals surface area contributed by atoms with Crippen LogP contribution >= 0.6 is 0 Å². The Kier molecular flexibility index (Phi) is 3.21. The third-order valence-electron chi connectivity index (χ3n) is 3.77. The second kappa shape index (κ2) is 4.66. The molecular weight excluding hydrogens is 286 g/mol. The number of hydrogen-bond donors (Lipinski definition) is 1. The van der Waals surface area contributed by atoms with Crippen LogP contribution in [-0.4, -0.2) is 25.3 Å². The molecule has 0 spiro atoms. The number of benzene rings is 1. The Morgan fingerprint density at radius 1 is 1.20 bits per heavy atom. The Labute approximate surface area is 116 Å². The molecule has 2 aliphatic rings. The van der Waals surface area contributed by atoms with Crippen LogP contribution in [0.25, 0.3) is 0 Å². The second-order valence-corrected chi connectivity index (χ2v) is 7.38. The van der Waals surface area contributed by atoms with Crippen molar-refractivity contribution in [3.8, 4) is 0 Å². The first-order valence-electron chi connectivity index (χ1n) is 6.66. The fourth-order valence-electron chi connectivity index (χ4n) is 2.24. The second-order valence-electron chi connectivity index (χ2n) is 5.52. The predicted molar refractivity (Wildman–Crippen MR) is 70.4 cm³/mol. The lowest BCUT2D eigenvalue weighted by atomic mass is 10.3. The number of sulfonamides is 1. The first-order chi connectivity index (χ1) is 9.41. The van der Waals surface area contributed by atoms with E-state index < -0.39 is 32.2 Å². The van der Waals surface area contributed by atoms with Crippen molar-refractivity contribution in [2.45, 2.75) is 36.6 Å². The highest BCUT2D eigenvalue weighted by Gasteiger charge is 2.42. The first kappa shape index (κ1) is 13.8. The zero-order valence-electron chi connectivity index (χ0n) is 10.9. The van der Waals surface area contributed by atoms with Crippen LogP contribution in [0.2, 0.25) is 0 Å². The van der Waals surface area contributed by atoms with E-state index in [1.165, 1.54) is 4.31 Å². The van der Waals surface area contributed by atoms with Gasteiger partial charge in [-0.25, -0.2) is 17.2 Å². The number of nitrogens with zero attached hydrogens (tertiary/aromatic N) is 1. The Morgan fingerprint density at radius 2 is 1.85 bits per heavy atom. The van der Waals surface area contributed by atoms with Crippen LogP contribution in [0.3, 0.4) is 0 Å². The van der Waals surface area contributed by atoms with Gasteiger partial charge in [0.15, 0.2) is 5.82 Å². The van der Waals surface area contributed by atoms with E-state index in [1.807, 2.05) is 0 Å². The third-order valence-corrected chi connectivity index (χ3v) is 5.70. The summed E-state index contributed by atoms with van der Waals surface area (Å²) in [5.41, 5.74) is 4.51. The van der Waals surface area contributed by atoms with Crippen molar-refractivity contribution in [1.82, 2.24) is 4.31 Å². The number of nitrogen functional groups attached to an aromatic ring is 1. The van der Waals surface area contributed by atoms with Crippen LogP contribution in [0.1, 0.15) is 25.7 Å². The Balaban J connectivity index is 1.99. The third kappa shape index (κ3) is 2.40. The molecule has 0 saturated heterocycles. The van der Waals surface area contributed by atoms with Gasteiger partial charge < -0.3 is 5.73 Å². The lowest BCUT2D eigenvalue weighted by Crippen LogP contribution is -2.35. The SMILES string of the molecule is Nc1c(F)ccc(S(=O)(=O)N(CC2CC2)C2CC2)c1F. The van der Waals surface area contributed by atoms with E-state index >= 15 is 0 Å². The normalized spacial score (nSPS) is 19.6. The fourth-order valence-corrected chi connectivity index (χ4v) is 4.08. The monoisotopic (exact) mass is 302 g/mol. The van der Waals surface area contributed by atoms with Crippen LogP contribution in [0.5, 0.6) is 0 Å². The summed E-state index contributed by atoms with van der Waals surface area (Å²) in [7, 11) is -3.95. The van der Waals surface area contributed by atoms with Crippen molar-refractivity contribution in [2.75, 3.05) is 12.3 Å². The van der Waals surface area contributed by atoms with Gasteiger partial charge in [-0.05, 0) is 43.7 Å². The molecule has 0 bridgehead atoms. The minimum absolute atomic E-state index is 0.0497. The Bertz CT molecular complexity index is 640. The summed E-state index contributed by atoms with van der Waals surface area (Å²) < 4.78 is 53.7. The average molecular weight is 302 g/mol. The van der Waals surface area contributed by atoms with Gasteiger partial charge in [0.05, 0.1) is 0 Å². The van der Waals surface area contributed by atoms with E-state index in [0.29, 0.717) is 12.5 Å². The molecule has 3 rings (SSSR count). The van der Waals surface area contributed by atoms with Gasteiger partial charge in [0.25, 0.3) is 0 Å². The molecule has 0 atom stereocenters. The molecule has 0 heterocycles. The van der Waals surface area contributed by atoms with Crippen LogP contribution < -0.4 is 5.73 Å². The zero-order valence-corrected chi connectivity index (χ0v) is 11.7. The van der Waals surface area contributed by atoms with Crippen molar-refractivity contribution < 1.29 is 17.2 Å². The van der Waals surface area contributed by atoms with E-state index in [1.54, 1.807) is 0 Å². The molecule has 7 heteroatoms. The maximum atomic E-state index is 14.0. The highest BCUT2D eigenvalue weighted by atomic mass is 32.2. The minimum Gasteiger partial charge on any atom is -0.394 e. The summed E-state index contributed by atoms with van der Waals surface area (Å²) in [6, 6.07) is 1.80. The van der Waals surface area contributed by atoms with Gasteiger partial charge in [-0.3, -0.25) is 0 Å². The van der Waals surface area contributed by atoms with Crippen molar-refractivity contribution >= 4 is 15.7 Å². The average Bonchev–Trinajstić information content (AvgIpc) is 3.25. The maximum absolute atomic E-state index is 14.0. The van der Waals surface area contributed by atoms with Gasteiger partial charge in [0.2, 0.25) is 10.0 Å². The van der Waals surface area contributed by atoms with E-state index in [9.17, 15) is 17.2 Å². The molecule has 110 valence electrons. The number of rotatable bonds is 5. The largest absolute Gasteiger partial charge is 0.394 e. The molecular formula is C13H16F2N2O2S. The summed E-state index contributed by atoms with van der Waals surface area (Å²) in [5.74, 6) is -1.76. The molecule has 0 aliphatic heterocycles. The van der Waals surface area contributed by atoms with E-state index in [0.717, 1.165) is 37.8 Å². The molecule has 1 aromatic carbocycles. The van der Waals surface area contributed by atoms with E-state index in [-0.39, 0.29) is 6.04 Å². The molecule has 20 heavy (non-hydrogen) atoms. The van der Waals surface area contributed by atoms with Crippen LogP contribution in [0.4, 0.5) is 14.5 Å². The van der Waals surface area contributed by atoms with Crippen molar-refractivity contribution in [3.05, 3.63) is 23.8 Å². The number of nitrogens with two attached hydrogens (primary N) is 1. The van der Waals surface area contributed by atoms with Gasteiger partial charge in [-0.1, -0.05) is 0 Å². The summed E-state index contributed by atoms with van der Waals surface area (Å²) in [4.78, 5) is -0.524. The van der Waals surface area contributed by atoms with E-state index in [4.69, 9.17) is 5.73 Å². The lowest BCUT2D eigenvalue weighted by molar-refractivity contribution is 0.386. The molecule has 2 fully saturated rings. The number of hydrogen-bond acceptors (Lipinski definition) is 3. The maximum Gasteiger partial charge on any atom is 0.246 e. The Morgan fingerprint density at radius 3 is 2.40 bits per heavy atom. The summed E-state index contributed by atoms with van der Waals surface area (Å²) in [6.45, 7) is 0.420.